The summed E-state index contributed by atoms with van der Waals surface area (Å²) in [6.07, 6.45) is 0. The van der Waals surface area contributed by atoms with Crippen LogP contribution in [0, 0.1) is 0 Å². The number of carbonyl (C=O) groups excluding carboxylic acids is 1. The molecule has 1 aromatic carbocycles. The lowest BCUT2D eigenvalue weighted by atomic mass is 10.2. The third-order valence-electron chi connectivity index (χ3n) is 2.33. The lowest BCUT2D eigenvalue weighted by Gasteiger charge is -2.15. The van der Waals surface area contributed by atoms with Crippen LogP contribution in [0.3, 0.4) is 0 Å². The van der Waals surface area contributed by atoms with Gasteiger partial charge in [0.15, 0.2) is 11.5 Å². The van der Waals surface area contributed by atoms with Crippen LogP contribution in [0.25, 0.3) is 0 Å². The first-order chi connectivity index (χ1) is 7.40. The van der Waals surface area contributed by atoms with E-state index in [2.05, 4.69) is 0 Å². The van der Waals surface area contributed by atoms with E-state index in [9.17, 15) is 4.79 Å². The summed E-state index contributed by atoms with van der Waals surface area (Å²) in [5, 5.41) is 0.230. The zero-order chi connectivity index (χ0) is 12.3. The third kappa shape index (κ3) is 2.64. The van der Waals surface area contributed by atoms with Crippen molar-refractivity contribution in [1.82, 2.24) is 0 Å². The predicted octanol–water partition coefficient (Wildman–Crippen LogP) is 2.76. The van der Waals surface area contributed by atoms with Crippen LogP contribution < -0.4 is 9.47 Å². The van der Waals surface area contributed by atoms with Gasteiger partial charge in [0, 0.05) is 5.56 Å². The van der Waals surface area contributed by atoms with E-state index < -0.39 is 8.07 Å². The second kappa shape index (κ2) is 4.70. The van der Waals surface area contributed by atoms with Crippen molar-refractivity contribution in [3.8, 4) is 11.5 Å². The summed E-state index contributed by atoms with van der Waals surface area (Å²) in [6, 6.07) is 5.31. The number of hydrogen-bond donors (Lipinski definition) is 0. The Kier molecular flexibility index (Phi) is 3.75. The van der Waals surface area contributed by atoms with Crippen molar-refractivity contribution in [2.45, 2.75) is 19.6 Å². The second-order valence-corrected chi connectivity index (χ2v) is 9.60. The van der Waals surface area contributed by atoms with Crippen LogP contribution >= 0.6 is 0 Å². The largest absolute Gasteiger partial charge is 0.493 e. The maximum absolute atomic E-state index is 12.1. The number of ether oxygens (including phenoxy) is 2. The van der Waals surface area contributed by atoms with Gasteiger partial charge in [0.05, 0.1) is 14.2 Å². The molecule has 0 saturated heterocycles. The Morgan fingerprint density at radius 2 is 1.62 bits per heavy atom. The Balaban J connectivity index is 3.13. The van der Waals surface area contributed by atoms with Gasteiger partial charge in [-0.2, -0.15) is 0 Å². The van der Waals surface area contributed by atoms with Gasteiger partial charge in [-0.15, -0.1) is 0 Å². The summed E-state index contributed by atoms with van der Waals surface area (Å²) in [4.78, 5) is 12.1. The number of rotatable bonds is 4. The Hall–Kier alpha value is -1.29. The molecule has 1 aromatic rings. The van der Waals surface area contributed by atoms with Crippen molar-refractivity contribution in [2.24, 2.45) is 0 Å². The topological polar surface area (TPSA) is 35.5 Å². The summed E-state index contributed by atoms with van der Waals surface area (Å²) in [7, 11) is 1.35. The van der Waals surface area contributed by atoms with E-state index in [0.29, 0.717) is 17.1 Å². The zero-order valence-corrected chi connectivity index (χ0v) is 11.5. The standard InChI is InChI=1S/C12H18O3Si/c1-14-10-7-6-9(8-11(10)15-2)12(13)16(3,4)5/h6-8H,1-5H3. The lowest BCUT2D eigenvalue weighted by Crippen LogP contribution is -2.33. The molecule has 0 N–H and O–H groups in total. The molecule has 0 atom stereocenters. The molecule has 0 aliphatic rings. The molecule has 0 heterocycles. The first-order valence-electron chi connectivity index (χ1n) is 5.17. The maximum atomic E-state index is 12.1. The molecule has 3 nitrogen and oxygen atoms in total. The molecular weight excluding hydrogens is 220 g/mol. The average molecular weight is 238 g/mol. The maximum Gasteiger partial charge on any atom is 0.161 e. The van der Waals surface area contributed by atoms with Crippen molar-refractivity contribution >= 4 is 13.5 Å². The second-order valence-electron chi connectivity index (χ2n) is 4.65. The van der Waals surface area contributed by atoms with Crippen molar-refractivity contribution < 1.29 is 14.3 Å². The van der Waals surface area contributed by atoms with Gasteiger partial charge in [-0.3, -0.25) is 0 Å². The molecule has 0 spiro atoms. The molecule has 0 fully saturated rings. The van der Waals surface area contributed by atoms with Crippen LogP contribution in [0.2, 0.25) is 19.6 Å². The SMILES string of the molecule is COc1ccc(C(=O)[Si](C)(C)C)cc1OC. The van der Waals surface area contributed by atoms with E-state index in [1.165, 1.54) is 0 Å². The average Bonchev–Trinajstić information content (AvgIpc) is 2.25. The number of carbonyl (C=O) groups is 1. The first-order valence-corrected chi connectivity index (χ1v) is 8.67. The predicted molar refractivity (Wildman–Crippen MR) is 67.2 cm³/mol. The van der Waals surface area contributed by atoms with Crippen LogP contribution in [0.1, 0.15) is 10.4 Å². The lowest BCUT2D eigenvalue weighted by molar-refractivity contribution is 0.106. The summed E-state index contributed by atoms with van der Waals surface area (Å²) >= 11 is 0. The van der Waals surface area contributed by atoms with Crippen LogP contribution in [-0.4, -0.2) is 27.7 Å². The molecule has 0 saturated carbocycles. The van der Waals surface area contributed by atoms with Gasteiger partial charge in [0.25, 0.3) is 0 Å². The summed E-state index contributed by atoms with van der Waals surface area (Å²) in [5.74, 6) is 1.25. The molecule has 0 radical (unpaired) electrons. The Morgan fingerprint density at radius 1 is 1.06 bits per heavy atom. The number of hydrogen-bond acceptors (Lipinski definition) is 3. The smallest absolute Gasteiger partial charge is 0.161 e. The minimum absolute atomic E-state index is 0.230. The van der Waals surface area contributed by atoms with Gasteiger partial charge in [0.2, 0.25) is 0 Å². The molecule has 4 heteroatoms. The highest BCUT2D eigenvalue weighted by atomic mass is 28.3. The Morgan fingerprint density at radius 3 is 2.06 bits per heavy atom. The summed E-state index contributed by atoms with van der Waals surface area (Å²) < 4.78 is 10.3. The van der Waals surface area contributed by atoms with Gasteiger partial charge >= 0.3 is 0 Å². The van der Waals surface area contributed by atoms with Crippen molar-refractivity contribution in [1.29, 1.82) is 0 Å². The van der Waals surface area contributed by atoms with E-state index in [-0.39, 0.29) is 5.41 Å². The molecule has 16 heavy (non-hydrogen) atoms. The van der Waals surface area contributed by atoms with Crippen LogP contribution in [0.5, 0.6) is 11.5 Å². The Bertz CT molecular complexity index is 394. The molecular formula is C12H18O3Si. The number of benzene rings is 1. The zero-order valence-electron chi connectivity index (χ0n) is 10.5. The fourth-order valence-electron chi connectivity index (χ4n) is 1.41. The molecule has 0 aromatic heterocycles. The fourth-order valence-corrected chi connectivity index (χ4v) is 2.43. The molecule has 1 rings (SSSR count). The minimum atomic E-state index is -1.80. The van der Waals surface area contributed by atoms with Crippen molar-refractivity contribution in [3.63, 3.8) is 0 Å². The molecule has 0 bridgehead atoms. The normalized spacial score (nSPS) is 11.1. The third-order valence-corrected chi connectivity index (χ3v) is 3.98. The highest BCUT2D eigenvalue weighted by Gasteiger charge is 2.26. The van der Waals surface area contributed by atoms with E-state index in [1.807, 2.05) is 19.6 Å². The molecule has 0 unspecified atom stereocenters. The van der Waals surface area contributed by atoms with E-state index >= 15 is 0 Å². The van der Waals surface area contributed by atoms with Gasteiger partial charge in [-0.05, 0) is 18.2 Å². The molecule has 0 aliphatic heterocycles. The van der Waals surface area contributed by atoms with Crippen LogP contribution in [0.15, 0.2) is 18.2 Å². The first kappa shape index (κ1) is 12.8. The number of methoxy groups -OCH3 is 2. The van der Waals surface area contributed by atoms with Gasteiger partial charge in [-0.1, -0.05) is 19.6 Å². The minimum Gasteiger partial charge on any atom is -0.493 e. The molecule has 0 amide bonds. The van der Waals surface area contributed by atoms with Gasteiger partial charge in [0.1, 0.15) is 13.5 Å². The highest BCUT2D eigenvalue weighted by molar-refractivity contribution is 7.05. The summed E-state index contributed by atoms with van der Waals surface area (Å²) in [5.41, 5.74) is 0.705. The highest BCUT2D eigenvalue weighted by Crippen LogP contribution is 2.28. The monoisotopic (exact) mass is 238 g/mol. The van der Waals surface area contributed by atoms with E-state index in [0.717, 1.165) is 0 Å². The van der Waals surface area contributed by atoms with Gasteiger partial charge in [-0.25, -0.2) is 0 Å². The summed E-state index contributed by atoms with van der Waals surface area (Å²) in [6.45, 7) is 6.10. The molecule has 88 valence electrons. The molecule has 0 aliphatic carbocycles. The fraction of sp³-hybridized carbons (Fsp3) is 0.417. The Labute approximate surface area is 97.4 Å². The van der Waals surface area contributed by atoms with E-state index in [4.69, 9.17) is 9.47 Å². The van der Waals surface area contributed by atoms with Crippen LogP contribution in [-0.2, 0) is 0 Å². The van der Waals surface area contributed by atoms with Crippen molar-refractivity contribution in [3.05, 3.63) is 23.8 Å². The van der Waals surface area contributed by atoms with E-state index in [1.54, 1.807) is 32.4 Å². The van der Waals surface area contributed by atoms with Crippen LogP contribution in [0.4, 0.5) is 0 Å². The van der Waals surface area contributed by atoms with Crippen molar-refractivity contribution in [2.75, 3.05) is 14.2 Å². The van der Waals surface area contributed by atoms with Gasteiger partial charge < -0.3 is 14.3 Å². The quantitative estimate of drug-likeness (QED) is 0.757.